The third-order valence-electron chi connectivity index (χ3n) is 5.44. The first kappa shape index (κ1) is 17.7. The van der Waals surface area contributed by atoms with Crippen LogP contribution in [0.4, 0.5) is 5.69 Å². The van der Waals surface area contributed by atoms with Crippen LogP contribution in [0, 0.1) is 12.8 Å². The fraction of sp³-hybridized carbons (Fsp3) is 0.364. The third-order valence-corrected chi connectivity index (χ3v) is 5.44. The molecule has 27 heavy (non-hydrogen) atoms. The largest absolute Gasteiger partial charge is 0.280 e. The summed E-state index contributed by atoms with van der Waals surface area (Å²) >= 11 is 0. The molecule has 140 valence electrons. The highest BCUT2D eigenvalue weighted by Crippen LogP contribution is 2.47. The van der Waals surface area contributed by atoms with E-state index in [4.69, 9.17) is 4.84 Å². The predicted molar refractivity (Wildman–Crippen MR) is 103 cm³/mol. The van der Waals surface area contributed by atoms with Crippen molar-refractivity contribution in [3.05, 3.63) is 65.7 Å². The lowest BCUT2D eigenvalue weighted by atomic mass is 9.90. The van der Waals surface area contributed by atoms with Gasteiger partial charge < -0.3 is 0 Å². The van der Waals surface area contributed by atoms with E-state index < -0.39 is 12.0 Å². The molecule has 2 amide bonds. The lowest BCUT2D eigenvalue weighted by Gasteiger charge is -2.29. The number of para-hydroxylation sites is 1. The minimum Gasteiger partial charge on any atom is -0.280 e. The maximum atomic E-state index is 13.1. The average molecular weight is 364 g/mol. The van der Waals surface area contributed by atoms with Gasteiger partial charge in [-0.1, -0.05) is 61.9 Å². The van der Waals surface area contributed by atoms with Gasteiger partial charge in [-0.05, 0) is 30.5 Å². The quantitative estimate of drug-likeness (QED) is 0.760. The lowest BCUT2D eigenvalue weighted by Crippen LogP contribution is -2.38. The average Bonchev–Trinajstić information content (AvgIpc) is 3.18. The zero-order chi connectivity index (χ0) is 19.0. The van der Waals surface area contributed by atoms with E-state index in [1.807, 2.05) is 61.5 Å². The summed E-state index contributed by atoms with van der Waals surface area (Å²) in [5, 5.41) is 1.77. The number of amides is 2. The zero-order valence-electron chi connectivity index (χ0n) is 15.7. The van der Waals surface area contributed by atoms with Crippen LogP contribution >= 0.6 is 0 Å². The standard InChI is InChI=1S/C22H24N2O3/c1-3-4-14-23-21(25)18-19(16-11-6-5-7-12-16)24(27-20(18)22(23)26)17-13-9-8-10-15(17)2/h5-13,18-20H,3-4,14H2,1-2H3. The summed E-state index contributed by atoms with van der Waals surface area (Å²) in [5.74, 6) is -0.852. The molecule has 5 heteroatoms. The molecule has 2 aliphatic rings. The summed E-state index contributed by atoms with van der Waals surface area (Å²) < 4.78 is 0. The van der Waals surface area contributed by atoms with Crippen molar-refractivity contribution in [3.63, 3.8) is 0 Å². The van der Waals surface area contributed by atoms with Crippen molar-refractivity contribution in [1.82, 2.24) is 4.90 Å². The number of nitrogens with zero attached hydrogens (tertiary/aromatic N) is 2. The molecule has 0 aliphatic carbocycles. The van der Waals surface area contributed by atoms with Crippen molar-refractivity contribution in [3.8, 4) is 0 Å². The number of aryl methyl sites for hydroxylation is 1. The zero-order valence-corrected chi connectivity index (χ0v) is 15.7. The Labute approximate surface area is 159 Å². The molecule has 0 N–H and O–H groups in total. The van der Waals surface area contributed by atoms with Gasteiger partial charge in [-0.3, -0.25) is 19.3 Å². The topological polar surface area (TPSA) is 49.9 Å². The number of benzene rings is 2. The van der Waals surface area contributed by atoms with Gasteiger partial charge in [-0.2, -0.15) is 0 Å². The molecule has 2 aliphatic heterocycles. The minimum atomic E-state index is -0.751. The Bertz CT molecular complexity index is 852. The van der Waals surface area contributed by atoms with Gasteiger partial charge in [0.25, 0.3) is 5.91 Å². The number of likely N-dealkylation sites (tertiary alicyclic amines) is 1. The molecule has 2 aromatic rings. The predicted octanol–water partition coefficient (Wildman–Crippen LogP) is 3.64. The van der Waals surface area contributed by atoms with Crippen LogP contribution < -0.4 is 5.06 Å². The fourth-order valence-electron chi connectivity index (χ4n) is 4.02. The highest BCUT2D eigenvalue weighted by molar-refractivity contribution is 6.07. The van der Waals surface area contributed by atoms with Crippen molar-refractivity contribution in [1.29, 1.82) is 0 Å². The van der Waals surface area contributed by atoms with Crippen molar-refractivity contribution < 1.29 is 14.4 Å². The lowest BCUT2D eigenvalue weighted by molar-refractivity contribution is -0.143. The summed E-state index contributed by atoms with van der Waals surface area (Å²) in [6, 6.07) is 17.4. The molecule has 0 aromatic heterocycles. The van der Waals surface area contributed by atoms with Crippen LogP contribution in [0.5, 0.6) is 0 Å². The van der Waals surface area contributed by atoms with Gasteiger partial charge >= 0.3 is 0 Å². The summed E-state index contributed by atoms with van der Waals surface area (Å²) in [4.78, 5) is 33.6. The second-order valence-corrected chi connectivity index (χ2v) is 7.20. The molecule has 0 saturated carbocycles. The van der Waals surface area contributed by atoms with E-state index in [9.17, 15) is 9.59 Å². The van der Waals surface area contributed by atoms with E-state index in [1.54, 1.807) is 5.06 Å². The number of hydroxylamine groups is 1. The number of hydrogen-bond acceptors (Lipinski definition) is 4. The van der Waals surface area contributed by atoms with Crippen molar-refractivity contribution >= 4 is 17.5 Å². The first-order chi connectivity index (χ1) is 13.1. The Morgan fingerprint density at radius 3 is 2.37 bits per heavy atom. The number of imide groups is 1. The van der Waals surface area contributed by atoms with Crippen LogP contribution in [-0.2, 0) is 14.4 Å². The van der Waals surface area contributed by atoms with Crippen molar-refractivity contribution in [2.45, 2.75) is 38.8 Å². The van der Waals surface area contributed by atoms with Gasteiger partial charge in [0.2, 0.25) is 5.91 Å². The Balaban J connectivity index is 1.75. The molecular formula is C22H24N2O3. The van der Waals surface area contributed by atoms with Crippen LogP contribution in [-0.4, -0.2) is 29.4 Å². The molecule has 3 unspecified atom stereocenters. The Hall–Kier alpha value is -2.66. The van der Waals surface area contributed by atoms with E-state index in [2.05, 4.69) is 6.92 Å². The summed E-state index contributed by atoms with van der Waals surface area (Å²) in [5.41, 5.74) is 2.91. The molecule has 2 aromatic carbocycles. The molecule has 2 fully saturated rings. The summed E-state index contributed by atoms with van der Waals surface area (Å²) in [6.45, 7) is 4.53. The molecule has 0 bridgehead atoms. The number of unbranched alkanes of at least 4 members (excludes halogenated alkanes) is 1. The number of hydrogen-bond donors (Lipinski definition) is 0. The highest BCUT2D eigenvalue weighted by Gasteiger charge is 2.59. The van der Waals surface area contributed by atoms with E-state index in [0.717, 1.165) is 29.7 Å². The monoisotopic (exact) mass is 364 g/mol. The molecule has 2 heterocycles. The summed E-state index contributed by atoms with van der Waals surface area (Å²) in [6.07, 6.45) is 0.998. The van der Waals surface area contributed by atoms with E-state index in [1.165, 1.54) is 4.90 Å². The van der Waals surface area contributed by atoms with Gasteiger partial charge in [0.15, 0.2) is 6.10 Å². The Morgan fingerprint density at radius 2 is 1.67 bits per heavy atom. The maximum Gasteiger partial charge on any atom is 0.261 e. The fourth-order valence-corrected chi connectivity index (χ4v) is 4.02. The number of rotatable bonds is 5. The number of anilines is 1. The van der Waals surface area contributed by atoms with Crippen LogP contribution in [0.1, 0.15) is 36.9 Å². The van der Waals surface area contributed by atoms with Crippen LogP contribution in [0.3, 0.4) is 0 Å². The molecule has 4 rings (SSSR count). The molecule has 3 atom stereocenters. The first-order valence-electron chi connectivity index (χ1n) is 9.55. The van der Waals surface area contributed by atoms with E-state index >= 15 is 0 Å². The SMILES string of the molecule is CCCCN1C(=O)C2ON(c3ccccc3C)C(c3ccccc3)C2C1=O. The van der Waals surface area contributed by atoms with Gasteiger partial charge in [0, 0.05) is 6.54 Å². The van der Waals surface area contributed by atoms with Gasteiger partial charge in [-0.15, -0.1) is 0 Å². The van der Waals surface area contributed by atoms with Gasteiger partial charge in [0.1, 0.15) is 5.92 Å². The van der Waals surface area contributed by atoms with Crippen LogP contribution in [0.15, 0.2) is 54.6 Å². The maximum absolute atomic E-state index is 13.1. The number of carbonyl (C=O) groups excluding carboxylic acids is 2. The van der Waals surface area contributed by atoms with Gasteiger partial charge in [-0.25, -0.2) is 5.06 Å². The molecule has 0 spiro atoms. The number of fused-ring (bicyclic) bond motifs is 1. The third kappa shape index (κ3) is 2.92. The normalized spacial score (nSPS) is 24.6. The van der Waals surface area contributed by atoms with Crippen LogP contribution in [0.2, 0.25) is 0 Å². The molecule has 2 saturated heterocycles. The molecule has 5 nitrogen and oxygen atoms in total. The van der Waals surface area contributed by atoms with Gasteiger partial charge in [0.05, 0.1) is 11.7 Å². The minimum absolute atomic E-state index is 0.122. The van der Waals surface area contributed by atoms with Crippen molar-refractivity contribution in [2.24, 2.45) is 5.92 Å². The molecular weight excluding hydrogens is 340 g/mol. The Kier molecular flexibility index (Phi) is 4.70. The smallest absolute Gasteiger partial charge is 0.261 e. The van der Waals surface area contributed by atoms with E-state index in [0.29, 0.717) is 6.54 Å². The Morgan fingerprint density at radius 1 is 0.963 bits per heavy atom. The second kappa shape index (κ2) is 7.16. The second-order valence-electron chi connectivity index (χ2n) is 7.20. The first-order valence-corrected chi connectivity index (χ1v) is 9.55. The summed E-state index contributed by atoms with van der Waals surface area (Å²) in [7, 11) is 0. The number of carbonyl (C=O) groups is 2. The van der Waals surface area contributed by atoms with Crippen molar-refractivity contribution in [2.75, 3.05) is 11.6 Å². The van der Waals surface area contributed by atoms with E-state index in [-0.39, 0.29) is 17.9 Å². The highest BCUT2D eigenvalue weighted by atomic mass is 16.7. The van der Waals surface area contributed by atoms with Crippen LogP contribution in [0.25, 0.3) is 0 Å². The molecule has 0 radical (unpaired) electrons.